The molecule has 3 N–H and O–H groups in total. The smallest absolute Gasteiger partial charge is 0.274 e. The lowest BCUT2D eigenvalue weighted by Gasteiger charge is -2.15. The average molecular weight is 711 g/mol. The van der Waals surface area contributed by atoms with Gasteiger partial charge in [-0.05, 0) is 72.6 Å². The molecule has 0 spiro atoms. The number of carbonyl (C=O) groups excluding carboxylic acids is 2. The highest BCUT2D eigenvalue weighted by molar-refractivity contribution is 7.92. The number of amides is 2. The van der Waals surface area contributed by atoms with Gasteiger partial charge in [-0.1, -0.05) is 42.5 Å². The molecule has 260 valence electrons. The van der Waals surface area contributed by atoms with Crippen molar-refractivity contribution in [3.05, 3.63) is 137 Å². The van der Waals surface area contributed by atoms with Gasteiger partial charge in [-0.3, -0.25) is 14.3 Å². The zero-order valence-corrected chi connectivity index (χ0v) is 28.3. The fourth-order valence-electron chi connectivity index (χ4n) is 5.31. The van der Waals surface area contributed by atoms with Crippen molar-refractivity contribution in [2.24, 2.45) is 0 Å². The number of nitrogens with zero attached hydrogens (tertiary/aromatic N) is 1. The van der Waals surface area contributed by atoms with Crippen molar-refractivity contribution in [3.8, 4) is 28.3 Å². The van der Waals surface area contributed by atoms with Gasteiger partial charge in [0.15, 0.2) is 11.4 Å². The summed E-state index contributed by atoms with van der Waals surface area (Å²) in [6.45, 7) is 1.67. The number of carbonyl (C=O) groups is 2. The number of fused-ring (bicyclic) bond motifs is 1. The van der Waals surface area contributed by atoms with E-state index in [0.29, 0.717) is 16.5 Å². The predicted octanol–water partition coefficient (Wildman–Crippen LogP) is 7.07. The van der Waals surface area contributed by atoms with Crippen LogP contribution in [0.1, 0.15) is 38.9 Å². The summed E-state index contributed by atoms with van der Waals surface area (Å²) in [5.41, 5.74) is 2.61. The molecule has 4 aromatic carbocycles. The van der Waals surface area contributed by atoms with Gasteiger partial charge in [0.2, 0.25) is 10.0 Å². The molecule has 0 aliphatic heterocycles. The number of sulfonamides is 1. The Morgan fingerprint density at radius 1 is 0.843 bits per heavy atom. The zero-order chi connectivity index (χ0) is 36.1. The number of furan rings is 1. The number of ether oxygens (including phenoxy) is 1. The molecular weight excluding hydrogens is 679 g/mol. The molecule has 0 bridgehead atoms. The van der Waals surface area contributed by atoms with E-state index in [4.69, 9.17) is 9.15 Å². The first-order chi connectivity index (χ1) is 24.5. The quantitative estimate of drug-likeness (QED) is 0.123. The molecule has 6 aromatic rings. The fourth-order valence-corrected chi connectivity index (χ4v) is 5.96. The number of benzene rings is 4. The van der Waals surface area contributed by atoms with E-state index >= 15 is 0 Å². The van der Waals surface area contributed by atoms with Gasteiger partial charge in [0.1, 0.15) is 29.6 Å². The minimum absolute atomic E-state index is 0.0628. The number of aromatic nitrogens is 1. The number of halogens is 2. The van der Waals surface area contributed by atoms with Crippen LogP contribution < -0.4 is 20.1 Å². The van der Waals surface area contributed by atoms with Crippen LogP contribution in [0, 0.1) is 11.6 Å². The summed E-state index contributed by atoms with van der Waals surface area (Å²) in [6.07, 6.45) is 0. The molecule has 0 fully saturated rings. The van der Waals surface area contributed by atoms with Crippen LogP contribution in [0.2, 0.25) is 0 Å². The molecule has 0 unspecified atom stereocenters. The number of pyridine rings is 1. The molecule has 0 saturated carbocycles. The third-order valence-electron chi connectivity index (χ3n) is 7.99. The summed E-state index contributed by atoms with van der Waals surface area (Å²) in [6, 6.07) is 26.5. The van der Waals surface area contributed by atoms with Gasteiger partial charge in [0, 0.05) is 36.2 Å². The van der Waals surface area contributed by atoms with Crippen LogP contribution in [-0.2, 0) is 23.2 Å². The Balaban J connectivity index is 1.49. The monoisotopic (exact) mass is 710 g/mol. The maximum Gasteiger partial charge on any atom is 0.274 e. The lowest BCUT2D eigenvalue weighted by Crippen LogP contribution is -2.25. The van der Waals surface area contributed by atoms with Crippen LogP contribution >= 0.6 is 0 Å². The number of anilines is 1. The Morgan fingerprint density at radius 3 is 2.20 bits per heavy atom. The molecule has 0 radical (unpaired) electrons. The van der Waals surface area contributed by atoms with Crippen LogP contribution in [0.3, 0.4) is 0 Å². The van der Waals surface area contributed by atoms with Crippen molar-refractivity contribution in [2.45, 2.75) is 20.1 Å². The maximum atomic E-state index is 13.8. The van der Waals surface area contributed by atoms with Gasteiger partial charge >= 0.3 is 0 Å². The highest BCUT2D eigenvalue weighted by atomic mass is 32.2. The molecule has 6 rings (SSSR count). The summed E-state index contributed by atoms with van der Waals surface area (Å²) >= 11 is 0. The molecule has 2 amide bonds. The van der Waals surface area contributed by atoms with Crippen LogP contribution in [0.5, 0.6) is 5.75 Å². The molecular formula is C38H32F2N4O6S. The Morgan fingerprint density at radius 2 is 1.53 bits per heavy atom. The normalized spacial score (nSPS) is 11.3. The van der Waals surface area contributed by atoms with E-state index in [1.54, 1.807) is 30.3 Å². The van der Waals surface area contributed by atoms with E-state index in [9.17, 15) is 26.8 Å². The number of rotatable bonds is 12. The van der Waals surface area contributed by atoms with Crippen LogP contribution in [0.15, 0.2) is 108 Å². The van der Waals surface area contributed by atoms with E-state index in [0.717, 1.165) is 5.56 Å². The van der Waals surface area contributed by atoms with E-state index in [1.165, 1.54) is 56.4 Å². The van der Waals surface area contributed by atoms with Crippen LogP contribution in [0.25, 0.3) is 33.6 Å². The lowest BCUT2D eigenvalue weighted by atomic mass is 10.0. The Hall–Kier alpha value is -6.08. The van der Waals surface area contributed by atoms with Crippen molar-refractivity contribution < 1.29 is 35.9 Å². The lowest BCUT2D eigenvalue weighted by molar-refractivity contribution is 0.0938. The number of nitrogens with one attached hydrogen (secondary N) is 3. The first-order valence-corrected chi connectivity index (χ1v) is 17.5. The van der Waals surface area contributed by atoms with Gasteiger partial charge < -0.3 is 19.8 Å². The number of hydrogen-bond acceptors (Lipinski definition) is 7. The topological polar surface area (TPSA) is 140 Å². The third kappa shape index (κ3) is 7.89. The molecule has 2 heterocycles. The molecule has 10 nitrogen and oxygen atoms in total. The summed E-state index contributed by atoms with van der Waals surface area (Å²) in [5.74, 6) is -1.94. The highest BCUT2D eigenvalue weighted by Crippen LogP contribution is 2.40. The van der Waals surface area contributed by atoms with Crippen LogP contribution in [-0.4, -0.2) is 38.0 Å². The second-order valence-electron chi connectivity index (χ2n) is 11.4. The van der Waals surface area contributed by atoms with Crippen molar-refractivity contribution in [2.75, 3.05) is 17.5 Å². The molecule has 0 aliphatic carbocycles. The van der Waals surface area contributed by atoms with Gasteiger partial charge in [-0.25, -0.2) is 22.2 Å². The largest absolute Gasteiger partial charge is 0.486 e. The second kappa shape index (κ2) is 14.8. The Labute approximate surface area is 292 Å². The summed E-state index contributed by atoms with van der Waals surface area (Å²) in [5, 5.41) is 5.71. The fraction of sp³-hybridized carbons (Fsp3) is 0.132. The SMILES string of the molecule is CCS(=O)(=O)Nc1cc2oc(-c3ccc(F)cc3)c(C(=O)NC)c2cc1-c1ccc(OCc2ccccc2)c(C(=O)NCc2ccc(F)cc2)n1. The molecule has 0 atom stereocenters. The summed E-state index contributed by atoms with van der Waals surface area (Å²) in [7, 11) is -2.39. The van der Waals surface area contributed by atoms with Gasteiger partial charge in [0.25, 0.3) is 11.8 Å². The highest BCUT2D eigenvalue weighted by Gasteiger charge is 2.26. The molecule has 2 aromatic heterocycles. The zero-order valence-electron chi connectivity index (χ0n) is 27.5. The van der Waals surface area contributed by atoms with Crippen LogP contribution in [0.4, 0.5) is 14.5 Å². The summed E-state index contributed by atoms with van der Waals surface area (Å²) in [4.78, 5) is 31.7. The van der Waals surface area contributed by atoms with Gasteiger partial charge in [-0.15, -0.1) is 0 Å². The Kier molecular flexibility index (Phi) is 10.1. The minimum atomic E-state index is -3.84. The minimum Gasteiger partial charge on any atom is -0.486 e. The molecule has 0 saturated heterocycles. The molecule has 51 heavy (non-hydrogen) atoms. The predicted molar refractivity (Wildman–Crippen MR) is 190 cm³/mol. The van der Waals surface area contributed by atoms with Crippen molar-refractivity contribution in [3.63, 3.8) is 0 Å². The van der Waals surface area contributed by atoms with Gasteiger partial charge in [0.05, 0.1) is 22.7 Å². The van der Waals surface area contributed by atoms with Crippen molar-refractivity contribution in [1.29, 1.82) is 0 Å². The first kappa shape index (κ1) is 34.8. The average Bonchev–Trinajstić information content (AvgIpc) is 3.51. The maximum absolute atomic E-state index is 13.8. The summed E-state index contributed by atoms with van der Waals surface area (Å²) < 4.78 is 67.8. The van der Waals surface area contributed by atoms with E-state index in [1.807, 2.05) is 30.3 Å². The second-order valence-corrected chi connectivity index (χ2v) is 13.4. The Bertz CT molecular complexity index is 2330. The molecule has 13 heteroatoms. The molecule has 0 aliphatic rings. The van der Waals surface area contributed by atoms with E-state index in [-0.39, 0.29) is 64.2 Å². The standard InChI is InChI=1S/C38H32F2N4O6S/c1-3-51(47,48)44-31-20-33-29(34(37(45)41-2)36(50-33)25-11-15-27(40)16-12-25)19-28(31)30-17-18-32(49-22-24-7-5-4-6-8-24)35(43-30)38(46)42-21-23-9-13-26(39)14-10-23/h4-20,44H,3,21-22H2,1-2H3,(H,41,45)(H,42,46). The first-order valence-electron chi connectivity index (χ1n) is 15.8. The third-order valence-corrected chi connectivity index (χ3v) is 9.28. The van der Waals surface area contributed by atoms with Gasteiger partial charge in [-0.2, -0.15) is 0 Å². The van der Waals surface area contributed by atoms with Crippen molar-refractivity contribution >= 4 is 38.5 Å². The van der Waals surface area contributed by atoms with E-state index < -0.39 is 33.5 Å². The van der Waals surface area contributed by atoms with Crippen molar-refractivity contribution in [1.82, 2.24) is 15.6 Å². The van der Waals surface area contributed by atoms with E-state index in [2.05, 4.69) is 20.3 Å². The number of hydrogen-bond donors (Lipinski definition) is 3.